The summed E-state index contributed by atoms with van der Waals surface area (Å²) in [4.78, 5) is 12.7. The summed E-state index contributed by atoms with van der Waals surface area (Å²) >= 11 is 0. The van der Waals surface area contributed by atoms with Crippen LogP contribution in [0, 0.1) is 29.6 Å². The van der Waals surface area contributed by atoms with E-state index in [1.54, 1.807) is 6.92 Å². The Bertz CT molecular complexity index is 1120. The second-order valence-electron chi connectivity index (χ2n) is 13.6. The van der Waals surface area contributed by atoms with Crippen LogP contribution in [0.3, 0.4) is 0 Å². The van der Waals surface area contributed by atoms with Crippen LogP contribution >= 0.6 is 0 Å². The van der Waals surface area contributed by atoms with Crippen LogP contribution in [0.25, 0.3) is 0 Å². The van der Waals surface area contributed by atoms with Crippen molar-refractivity contribution >= 4 is 16.1 Å². The lowest BCUT2D eigenvalue weighted by atomic mass is 9.51. The van der Waals surface area contributed by atoms with Gasteiger partial charge in [-0.1, -0.05) is 0 Å². The Kier molecular flexibility index (Phi) is 6.71. The molecule has 6 aliphatic carbocycles. The molecule has 5 unspecified atom stereocenters. The minimum atomic E-state index is -6.36. The summed E-state index contributed by atoms with van der Waals surface area (Å²) in [5.74, 6) is -9.64. The highest BCUT2D eigenvalue weighted by Gasteiger charge is 2.74. The molecule has 1 heterocycles. The van der Waals surface area contributed by atoms with E-state index in [9.17, 15) is 22.0 Å². The third-order valence-corrected chi connectivity index (χ3v) is 11.8. The lowest BCUT2D eigenvalue weighted by Crippen LogP contribution is -2.68. The fourth-order valence-corrected chi connectivity index (χ4v) is 9.62. The molecule has 0 radical (unpaired) electrons. The quantitative estimate of drug-likeness (QED) is 0.245. The van der Waals surface area contributed by atoms with Crippen LogP contribution < -0.4 is 0 Å². The highest BCUT2D eigenvalue weighted by atomic mass is 32.2. The van der Waals surface area contributed by atoms with Crippen molar-refractivity contribution in [3.63, 3.8) is 0 Å². The molecule has 1 aliphatic heterocycles. The standard InChI is InChI=1S/C27H38F4O8S/c1-15-17-9-20(26(28,29)27(30,31)40(33,34)35)21(10-17)38-25(37-15)18-7-16-8-19(25)13-24(11-16,12-18)36-14-22(32)39-23(2)5-3-4-6-23/h15-21H,3-14H2,1-2H3,(H,33,34,35)/t15-,16?,17?,18?,19?,20?,21?,24?,25?/m0/s1. The van der Waals surface area contributed by atoms with Gasteiger partial charge in [-0.3, -0.25) is 4.55 Å². The van der Waals surface area contributed by atoms with Gasteiger partial charge in [-0.2, -0.15) is 26.0 Å². The van der Waals surface area contributed by atoms with Crippen molar-refractivity contribution in [2.24, 2.45) is 29.6 Å². The molecule has 228 valence electrons. The summed E-state index contributed by atoms with van der Waals surface area (Å²) in [5.41, 5.74) is -1.08. The highest BCUT2D eigenvalue weighted by Crippen LogP contribution is 2.65. The van der Waals surface area contributed by atoms with Gasteiger partial charge in [0.25, 0.3) is 0 Å². The molecule has 7 rings (SSSR count). The molecule has 13 heteroatoms. The second kappa shape index (κ2) is 9.24. The fourth-order valence-electron chi connectivity index (χ4n) is 9.13. The molecule has 6 saturated carbocycles. The molecule has 1 saturated heterocycles. The van der Waals surface area contributed by atoms with Crippen LogP contribution in [0.1, 0.15) is 84.5 Å². The topological polar surface area (TPSA) is 108 Å². The Morgan fingerprint density at radius 1 is 1.00 bits per heavy atom. The number of halogens is 4. The first-order chi connectivity index (χ1) is 18.5. The first-order valence-electron chi connectivity index (χ1n) is 14.4. The molecule has 0 aromatic heterocycles. The van der Waals surface area contributed by atoms with E-state index in [2.05, 4.69) is 0 Å². The molecule has 40 heavy (non-hydrogen) atoms. The summed E-state index contributed by atoms with van der Waals surface area (Å²) in [7, 11) is -6.36. The minimum Gasteiger partial charge on any atom is -0.458 e. The van der Waals surface area contributed by atoms with E-state index in [1.807, 2.05) is 6.92 Å². The zero-order valence-electron chi connectivity index (χ0n) is 22.8. The molecule has 6 atom stereocenters. The lowest BCUT2D eigenvalue weighted by molar-refractivity contribution is -0.386. The van der Waals surface area contributed by atoms with E-state index in [4.69, 9.17) is 23.5 Å². The van der Waals surface area contributed by atoms with Gasteiger partial charge in [-0.15, -0.1) is 0 Å². The average Bonchev–Trinajstić information content (AvgIpc) is 3.42. The highest BCUT2D eigenvalue weighted by molar-refractivity contribution is 7.87. The number of rotatable bonds is 7. The van der Waals surface area contributed by atoms with Crippen LogP contribution in [0.5, 0.6) is 0 Å². The van der Waals surface area contributed by atoms with E-state index in [-0.39, 0.29) is 30.8 Å². The maximum absolute atomic E-state index is 15.2. The van der Waals surface area contributed by atoms with Gasteiger partial charge in [-0.25, -0.2) is 4.79 Å². The summed E-state index contributed by atoms with van der Waals surface area (Å²) in [6, 6.07) is 0. The number of esters is 1. The summed E-state index contributed by atoms with van der Waals surface area (Å²) in [6.07, 6.45) is 4.42. The molecule has 6 bridgehead atoms. The Morgan fingerprint density at radius 2 is 1.62 bits per heavy atom. The zero-order chi connectivity index (χ0) is 28.9. The van der Waals surface area contributed by atoms with Crippen molar-refractivity contribution < 1.29 is 54.3 Å². The average molecular weight is 599 g/mol. The molecular formula is C27H38F4O8S. The SMILES string of the molecule is C[C@@H]1OC2(OC3CC1CC3C(F)(F)C(F)(F)S(=O)(=O)O)C1CC3CC2CC(OCC(=O)OC2(C)CCCC2)(C3)C1. The third kappa shape index (κ3) is 4.43. The normalized spacial score (nSPS) is 44.2. The van der Waals surface area contributed by atoms with Crippen LogP contribution in [0.2, 0.25) is 0 Å². The molecule has 7 fully saturated rings. The van der Waals surface area contributed by atoms with Gasteiger partial charge in [0.2, 0.25) is 0 Å². The lowest BCUT2D eigenvalue weighted by Gasteiger charge is -2.64. The van der Waals surface area contributed by atoms with Crippen LogP contribution in [0.4, 0.5) is 17.6 Å². The summed E-state index contributed by atoms with van der Waals surface area (Å²) < 4.78 is 115. The van der Waals surface area contributed by atoms with Crippen LogP contribution in [-0.4, -0.2) is 65.9 Å². The molecule has 1 N–H and O–H groups in total. The van der Waals surface area contributed by atoms with E-state index < -0.39 is 74.7 Å². The van der Waals surface area contributed by atoms with Crippen molar-refractivity contribution in [2.75, 3.05) is 6.61 Å². The number of ether oxygens (including phenoxy) is 4. The minimum absolute atomic E-state index is 0.0276. The number of carbonyl (C=O) groups is 1. The predicted octanol–water partition coefficient (Wildman–Crippen LogP) is 5.10. The largest absolute Gasteiger partial charge is 0.458 e. The van der Waals surface area contributed by atoms with Crippen molar-refractivity contribution in [1.82, 2.24) is 0 Å². The van der Waals surface area contributed by atoms with Gasteiger partial charge in [-0.05, 0) is 96.3 Å². The van der Waals surface area contributed by atoms with Crippen LogP contribution in [0.15, 0.2) is 0 Å². The first-order valence-corrected chi connectivity index (χ1v) is 15.9. The maximum Gasteiger partial charge on any atom is 0.431 e. The fraction of sp³-hybridized carbons (Fsp3) is 0.963. The summed E-state index contributed by atoms with van der Waals surface area (Å²) in [5, 5.41) is -5.65. The Labute approximate surface area is 231 Å². The van der Waals surface area contributed by atoms with Gasteiger partial charge < -0.3 is 18.9 Å². The number of alkyl halides is 4. The van der Waals surface area contributed by atoms with Gasteiger partial charge >= 0.3 is 27.3 Å². The summed E-state index contributed by atoms with van der Waals surface area (Å²) in [6.45, 7) is 3.47. The molecule has 0 amide bonds. The van der Waals surface area contributed by atoms with E-state index >= 15 is 8.78 Å². The molecular weight excluding hydrogens is 560 g/mol. The van der Waals surface area contributed by atoms with E-state index in [0.717, 1.165) is 32.1 Å². The van der Waals surface area contributed by atoms with Gasteiger partial charge in [0.15, 0.2) is 5.79 Å². The van der Waals surface area contributed by atoms with Crippen molar-refractivity contribution in [3.05, 3.63) is 0 Å². The molecule has 8 nitrogen and oxygen atoms in total. The number of hydrogen-bond acceptors (Lipinski definition) is 7. The van der Waals surface area contributed by atoms with Gasteiger partial charge in [0, 0.05) is 11.8 Å². The van der Waals surface area contributed by atoms with Crippen molar-refractivity contribution in [2.45, 2.75) is 125 Å². The molecule has 0 aromatic carbocycles. The molecule has 1 spiro atoms. The van der Waals surface area contributed by atoms with Gasteiger partial charge in [0.1, 0.15) is 12.2 Å². The first kappa shape index (κ1) is 29.1. The zero-order valence-corrected chi connectivity index (χ0v) is 23.6. The second-order valence-corrected chi connectivity index (χ2v) is 15.1. The van der Waals surface area contributed by atoms with Gasteiger partial charge in [0.05, 0.1) is 23.7 Å². The number of carbonyl (C=O) groups excluding carboxylic acids is 1. The molecule has 0 aromatic rings. The Balaban J connectivity index is 1.21. The molecule has 7 aliphatic rings. The smallest absolute Gasteiger partial charge is 0.431 e. The number of hydrogen-bond donors (Lipinski definition) is 1. The number of fused-ring (bicyclic) bond motifs is 2. The van der Waals surface area contributed by atoms with Crippen molar-refractivity contribution in [3.8, 4) is 0 Å². The van der Waals surface area contributed by atoms with Crippen molar-refractivity contribution in [1.29, 1.82) is 0 Å². The van der Waals surface area contributed by atoms with E-state index in [0.29, 0.717) is 25.7 Å². The maximum atomic E-state index is 15.2. The Hall–Kier alpha value is -1.02. The third-order valence-electron chi connectivity index (χ3n) is 10.9. The monoisotopic (exact) mass is 598 g/mol. The Morgan fingerprint density at radius 3 is 2.23 bits per heavy atom. The predicted molar refractivity (Wildman–Crippen MR) is 131 cm³/mol. The van der Waals surface area contributed by atoms with E-state index in [1.165, 1.54) is 0 Å². The van der Waals surface area contributed by atoms with Crippen LogP contribution in [-0.2, 0) is 33.9 Å².